The number of carbonyl (C=O) groups excluding carboxylic acids is 1. The van der Waals surface area contributed by atoms with Gasteiger partial charge in [0.2, 0.25) is 5.91 Å². The third-order valence-electron chi connectivity index (χ3n) is 3.29. The molecule has 1 amide bonds. The largest absolute Gasteiger partial charge is 0.496 e. The first-order valence-electron chi connectivity index (χ1n) is 6.77. The van der Waals surface area contributed by atoms with Crippen molar-refractivity contribution in [2.24, 2.45) is 0 Å². The van der Waals surface area contributed by atoms with Gasteiger partial charge in [0.25, 0.3) is 0 Å². The predicted molar refractivity (Wildman–Crippen MR) is 83.5 cm³/mol. The third-order valence-corrected chi connectivity index (χ3v) is 3.29. The van der Waals surface area contributed by atoms with Gasteiger partial charge in [-0.2, -0.15) is 0 Å². The van der Waals surface area contributed by atoms with Crippen LogP contribution in [0.5, 0.6) is 5.75 Å². The zero-order valence-corrected chi connectivity index (χ0v) is 12.4. The number of carboxylic acids is 1. The molecule has 22 heavy (non-hydrogen) atoms. The van der Waals surface area contributed by atoms with Crippen LogP contribution in [0.25, 0.3) is 0 Å². The van der Waals surface area contributed by atoms with Gasteiger partial charge in [-0.1, -0.05) is 18.2 Å². The van der Waals surface area contributed by atoms with Gasteiger partial charge >= 0.3 is 5.97 Å². The van der Waals surface area contributed by atoms with E-state index in [1.807, 2.05) is 18.2 Å². The molecule has 0 aliphatic carbocycles. The minimum absolute atomic E-state index is 0.185. The number of amides is 1. The molecule has 5 nitrogen and oxygen atoms in total. The van der Waals surface area contributed by atoms with Crippen LogP contribution < -0.4 is 10.1 Å². The van der Waals surface area contributed by atoms with Crippen LogP contribution in [0.1, 0.15) is 21.5 Å². The van der Waals surface area contributed by atoms with Crippen molar-refractivity contribution < 1.29 is 19.4 Å². The minimum Gasteiger partial charge on any atom is -0.496 e. The van der Waals surface area contributed by atoms with E-state index in [-0.39, 0.29) is 17.9 Å². The number of ether oxygens (including phenoxy) is 1. The SMILES string of the molecule is COc1ccccc1CC(=O)Nc1ccc(C(=O)O)cc1C. The van der Waals surface area contributed by atoms with Crippen LogP contribution in [0.3, 0.4) is 0 Å². The van der Waals surface area contributed by atoms with Crippen LogP contribution in [-0.4, -0.2) is 24.1 Å². The molecule has 2 N–H and O–H groups in total. The van der Waals surface area contributed by atoms with Crippen molar-refractivity contribution in [1.29, 1.82) is 0 Å². The summed E-state index contributed by atoms with van der Waals surface area (Å²) in [5, 5.41) is 11.7. The summed E-state index contributed by atoms with van der Waals surface area (Å²) in [4.78, 5) is 23.0. The highest BCUT2D eigenvalue weighted by molar-refractivity contribution is 5.94. The molecule has 0 saturated carbocycles. The molecule has 2 rings (SSSR count). The number of nitrogens with one attached hydrogen (secondary N) is 1. The van der Waals surface area contributed by atoms with Gasteiger partial charge < -0.3 is 15.2 Å². The number of aryl methyl sites for hydroxylation is 1. The Kier molecular flexibility index (Phi) is 4.78. The first-order valence-corrected chi connectivity index (χ1v) is 6.77. The van der Waals surface area contributed by atoms with Gasteiger partial charge in [0.15, 0.2) is 0 Å². The second kappa shape index (κ2) is 6.76. The Balaban J connectivity index is 2.11. The lowest BCUT2D eigenvalue weighted by Crippen LogP contribution is -2.16. The lowest BCUT2D eigenvalue weighted by molar-refractivity contribution is -0.115. The normalized spacial score (nSPS) is 10.1. The summed E-state index contributed by atoms with van der Waals surface area (Å²) in [5.74, 6) is -0.513. The summed E-state index contributed by atoms with van der Waals surface area (Å²) >= 11 is 0. The molecule has 114 valence electrons. The van der Waals surface area contributed by atoms with E-state index in [9.17, 15) is 9.59 Å². The van der Waals surface area contributed by atoms with Crippen molar-refractivity contribution in [2.45, 2.75) is 13.3 Å². The first-order chi connectivity index (χ1) is 10.5. The van der Waals surface area contributed by atoms with Crippen molar-refractivity contribution >= 4 is 17.6 Å². The highest BCUT2D eigenvalue weighted by Crippen LogP contribution is 2.20. The van der Waals surface area contributed by atoms with Crippen LogP contribution in [-0.2, 0) is 11.2 Å². The quantitative estimate of drug-likeness (QED) is 0.890. The fraction of sp³-hybridized carbons (Fsp3) is 0.176. The predicted octanol–water partition coefficient (Wildman–Crippen LogP) is 2.88. The summed E-state index contributed by atoms with van der Waals surface area (Å²) in [7, 11) is 1.56. The number of hydrogen-bond donors (Lipinski definition) is 2. The lowest BCUT2D eigenvalue weighted by atomic mass is 10.1. The Labute approximate surface area is 128 Å². The Morgan fingerprint density at radius 3 is 2.55 bits per heavy atom. The van der Waals surface area contributed by atoms with E-state index in [0.29, 0.717) is 17.0 Å². The summed E-state index contributed by atoms with van der Waals surface area (Å²) in [5.41, 5.74) is 2.29. The number of carbonyl (C=O) groups is 2. The minimum atomic E-state index is -0.991. The summed E-state index contributed by atoms with van der Waals surface area (Å²) in [6, 6.07) is 11.9. The second-order valence-electron chi connectivity index (χ2n) is 4.87. The van der Waals surface area contributed by atoms with Crippen molar-refractivity contribution in [3.63, 3.8) is 0 Å². The van der Waals surface area contributed by atoms with E-state index in [2.05, 4.69) is 5.32 Å². The van der Waals surface area contributed by atoms with Crippen molar-refractivity contribution in [2.75, 3.05) is 12.4 Å². The monoisotopic (exact) mass is 299 g/mol. The number of hydrogen-bond acceptors (Lipinski definition) is 3. The van der Waals surface area contributed by atoms with Gasteiger partial charge in [0.1, 0.15) is 5.75 Å². The van der Waals surface area contributed by atoms with Gasteiger partial charge in [-0.3, -0.25) is 4.79 Å². The van der Waals surface area contributed by atoms with Gasteiger partial charge in [-0.25, -0.2) is 4.79 Å². The fourth-order valence-corrected chi connectivity index (χ4v) is 2.15. The number of aromatic carboxylic acids is 1. The van der Waals surface area contributed by atoms with Gasteiger partial charge in [-0.05, 0) is 36.8 Å². The number of benzene rings is 2. The van der Waals surface area contributed by atoms with E-state index in [0.717, 1.165) is 5.56 Å². The van der Waals surface area contributed by atoms with Crippen LogP contribution in [0.2, 0.25) is 0 Å². The molecule has 0 aliphatic rings. The van der Waals surface area contributed by atoms with E-state index < -0.39 is 5.97 Å². The average molecular weight is 299 g/mol. The zero-order valence-electron chi connectivity index (χ0n) is 12.4. The fourth-order valence-electron chi connectivity index (χ4n) is 2.15. The average Bonchev–Trinajstić information content (AvgIpc) is 2.49. The Morgan fingerprint density at radius 2 is 1.91 bits per heavy atom. The van der Waals surface area contributed by atoms with Crippen LogP contribution in [0.15, 0.2) is 42.5 Å². The van der Waals surface area contributed by atoms with E-state index in [1.165, 1.54) is 12.1 Å². The molecule has 0 unspecified atom stereocenters. The highest BCUT2D eigenvalue weighted by Gasteiger charge is 2.11. The molecule has 5 heteroatoms. The highest BCUT2D eigenvalue weighted by atomic mass is 16.5. The van der Waals surface area contributed by atoms with Crippen molar-refractivity contribution in [3.8, 4) is 5.75 Å². The molecule has 0 heterocycles. The summed E-state index contributed by atoms with van der Waals surface area (Å²) in [6.45, 7) is 1.76. The molecule has 0 aromatic heterocycles. The molecule has 0 fully saturated rings. The summed E-state index contributed by atoms with van der Waals surface area (Å²) < 4.78 is 5.22. The van der Waals surface area contributed by atoms with Crippen LogP contribution in [0, 0.1) is 6.92 Å². The molecule has 0 saturated heterocycles. The Morgan fingerprint density at radius 1 is 1.18 bits per heavy atom. The number of rotatable bonds is 5. The maximum absolute atomic E-state index is 12.1. The van der Waals surface area contributed by atoms with Crippen molar-refractivity contribution in [3.05, 3.63) is 59.2 Å². The third kappa shape index (κ3) is 3.63. The number of anilines is 1. The van der Waals surface area contributed by atoms with E-state index in [4.69, 9.17) is 9.84 Å². The molecule has 2 aromatic carbocycles. The first kappa shape index (κ1) is 15.6. The van der Waals surface area contributed by atoms with E-state index >= 15 is 0 Å². The van der Waals surface area contributed by atoms with Gasteiger partial charge in [0.05, 0.1) is 19.1 Å². The number of methoxy groups -OCH3 is 1. The van der Waals surface area contributed by atoms with Crippen LogP contribution in [0.4, 0.5) is 5.69 Å². The maximum Gasteiger partial charge on any atom is 0.335 e. The second-order valence-corrected chi connectivity index (χ2v) is 4.87. The Hall–Kier alpha value is -2.82. The topological polar surface area (TPSA) is 75.6 Å². The maximum atomic E-state index is 12.1. The lowest BCUT2D eigenvalue weighted by Gasteiger charge is -2.11. The molecule has 0 aliphatic heterocycles. The van der Waals surface area contributed by atoms with E-state index in [1.54, 1.807) is 26.2 Å². The standard InChI is InChI=1S/C17H17NO4/c1-11-9-13(17(20)21)7-8-14(11)18-16(19)10-12-5-3-4-6-15(12)22-2/h3-9H,10H2,1-2H3,(H,18,19)(H,20,21). The number of carboxylic acid groups (broad SMARTS) is 1. The smallest absolute Gasteiger partial charge is 0.335 e. The van der Waals surface area contributed by atoms with Crippen LogP contribution >= 0.6 is 0 Å². The molecule has 0 bridgehead atoms. The molecule has 0 radical (unpaired) electrons. The van der Waals surface area contributed by atoms with Gasteiger partial charge in [0, 0.05) is 11.3 Å². The number of para-hydroxylation sites is 1. The van der Waals surface area contributed by atoms with Gasteiger partial charge in [-0.15, -0.1) is 0 Å². The summed E-state index contributed by atoms with van der Waals surface area (Å²) in [6.07, 6.45) is 0.185. The molecule has 0 spiro atoms. The molecule has 0 atom stereocenters. The Bertz CT molecular complexity index is 710. The zero-order chi connectivity index (χ0) is 16.1. The molecule has 2 aromatic rings. The van der Waals surface area contributed by atoms with Crippen molar-refractivity contribution in [1.82, 2.24) is 0 Å². The molecular weight excluding hydrogens is 282 g/mol. The molecular formula is C17H17NO4.